The molecule has 8 heteroatoms. The number of benzene rings is 1. The number of hydrogen-bond donors (Lipinski definition) is 2. The molecule has 1 aromatic carbocycles. The average molecular weight is 447 g/mol. The van der Waals surface area contributed by atoms with E-state index in [-0.39, 0.29) is 12.3 Å². The number of hydrogen-bond acceptors (Lipinski definition) is 6. The van der Waals surface area contributed by atoms with Crippen LogP contribution in [0.25, 0.3) is 0 Å². The van der Waals surface area contributed by atoms with Crippen LogP contribution in [0, 0.1) is 0 Å². The molecule has 0 saturated heterocycles. The van der Waals surface area contributed by atoms with E-state index in [4.69, 9.17) is 0 Å². The summed E-state index contributed by atoms with van der Waals surface area (Å²) in [4.78, 5) is 39.3. The minimum Gasteiger partial charge on any atom is -0.453 e. The number of thioether (sulfide) groups is 1. The van der Waals surface area contributed by atoms with Crippen molar-refractivity contribution < 1.29 is 19.1 Å². The molecule has 2 aromatic rings. The lowest BCUT2D eigenvalue weighted by Gasteiger charge is -2.09. The van der Waals surface area contributed by atoms with Crippen molar-refractivity contribution in [3.8, 4) is 0 Å². The fourth-order valence-electron chi connectivity index (χ4n) is 3.50. The van der Waals surface area contributed by atoms with Crippen LogP contribution < -0.4 is 10.6 Å². The van der Waals surface area contributed by atoms with Crippen molar-refractivity contribution in [1.82, 2.24) is 5.32 Å². The van der Waals surface area contributed by atoms with E-state index in [2.05, 4.69) is 22.3 Å². The van der Waals surface area contributed by atoms with Gasteiger partial charge < -0.3 is 10.1 Å². The first-order valence-electron chi connectivity index (χ1n) is 10.1. The number of nitrogens with one attached hydrogen (secondary N) is 2. The fraction of sp³-hybridized carbons (Fsp3) is 0.409. The predicted octanol–water partition coefficient (Wildman–Crippen LogP) is 4.81. The summed E-state index contributed by atoms with van der Waals surface area (Å²) < 4.78 is 4.56. The molecule has 1 aliphatic rings. The lowest BCUT2D eigenvalue weighted by Crippen LogP contribution is -2.31. The predicted molar refractivity (Wildman–Crippen MR) is 121 cm³/mol. The number of methoxy groups -OCH3 is 1. The van der Waals surface area contributed by atoms with Crippen molar-refractivity contribution in [3.05, 3.63) is 45.8 Å². The van der Waals surface area contributed by atoms with Crippen molar-refractivity contribution in [1.29, 1.82) is 0 Å². The van der Waals surface area contributed by atoms with Crippen LogP contribution in [0.3, 0.4) is 0 Å². The molecule has 0 bridgehead atoms. The Bertz CT molecular complexity index is 922. The Morgan fingerprint density at radius 1 is 1.10 bits per heavy atom. The average Bonchev–Trinajstić information content (AvgIpc) is 2.89. The summed E-state index contributed by atoms with van der Waals surface area (Å²) in [5, 5.41) is 5.65. The van der Waals surface area contributed by atoms with E-state index >= 15 is 0 Å². The number of imide groups is 1. The molecule has 0 aliphatic heterocycles. The summed E-state index contributed by atoms with van der Waals surface area (Å²) in [7, 11) is 1.21. The van der Waals surface area contributed by atoms with E-state index in [9.17, 15) is 14.4 Å². The Labute approximate surface area is 184 Å². The van der Waals surface area contributed by atoms with Crippen LogP contribution in [0.2, 0.25) is 0 Å². The van der Waals surface area contributed by atoms with Gasteiger partial charge in [-0.15, -0.1) is 23.1 Å². The second-order valence-corrected chi connectivity index (χ2v) is 9.46. The molecule has 0 saturated carbocycles. The summed E-state index contributed by atoms with van der Waals surface area (Å²) in [6, 6.07) is 7.93. The molecule has 0 unspecified atom stereocenters. The zero-order valence-corrected chi connectivity index (χ0v) is 18.8. The topological polar surface area (TPSA) is 84.5 Å². The minimum absolute atomic E-state index is 0.186. The summed E-state index contributed by atoms with van der Waals surface area (Å²) in [5.74, 6) is 0.283. The highest BCUT2D eigenvalue weighted by atomic mass is 32.2. The highest BCUT2D eigenvalue weighted by Gasteiger charge is 2.26. The molecule has 0 fully saturated rings. The van der Waals surface area contributed by atoms with Gasteiger partial charge in [0.1, 0.15) is 5.00 Å². The standard InChI is InChI=1S/C22H26N2O4S2/c1-3-29-15-11-9-14(10-12-15)13-18(25)23-21-19(20(26)24-22(27)28-2)16-7-5-4-6-8-17(16)30-21/h9-12H,3-8,13H2,1-2H3,(H,23,25)(H,24,26,27). The van der Waals surface area contributed by atoms with E-state index in [0.717, 1.165) is 53.9 Å². The van der Waals surface area contributed by atoms with Gasteiger partial charge in [-0.25, -0.2) is 4.79 Å². The number of anilines is 1. The van der Waals surface area contributed by atoms with E-state index in [1.165, 1.54) is 23.3 Å². The Balaban J connectivity index is 1.79. The number of rotatable bonds is 6. The molecule has 1 aromatic heterocycles. The second-order valence-electron chi connectivity index (χ2n) is 7.02. The number of aryl methyl sites for hydroxylation is 1. The van der Waals surface area contributed by atoms with Gasteiger partial charge in [-0.3, -0.25) is 14.9 Å². The number of fused-ring (bicyclic) bond motifs is 1. The molecule has 6 nitrogen and oxygen atoms in total. The molecule has 30 heavy (non-hydrogen) atoms. The zero-order valence-electron chi connectivity index (χ0n) is 17.2. The molecule has 0 spiro atoms. The largest absolute Gasteiger partial charge is 0.453 e. The van der Waals surface area contributed by atoms with Crippen molar-refractivity contribution in [3.63, 3.8) is 0 Å². The minimum atomic E-state index is -0.809. The molecular formula is C22H26N2O4S2. The summed E-state index contributed by atoms with van der Waals surface area (Å²) >= 11 is 3.19. The Morgan fingerprint density at radius 3 is 2.53 bits per heavy atom. The number of amides is 3. The van der Waals surface area contributed by atoms with Crippen molar-refractivity contribution in [2.75, 3.05) is 18.2 Å². The third-order valence-electron chi connectivity index (χ3n) is 4.90. The Kier molecular flexibility index (Phi) is 7.93. The Hall–Kier alpha value is -2.32. The van der Waals surface area contributed by atoms with E-state index in [1.54, 1.807) is 11.8 Å². The SMILES string of the molecule is CCSc1ccc(CC(=O)Nc2sc3c(c2C(=O)NC(=O)OC)CCCCC3)cc1. The number of alkyl carbamates (subject to hydrolysis) is 1. The first kappa shape index (κ1) is 22.4. The highest BCUT2D eigenvalue weighted by molar-refractivity contribution is 7.99. The fourth-order valence-corrected chi connectivity index (χ4v) is 5.47. The van der Waals surface area contributed by atoms with Gasteiger partial charge in [-0.1, -0.05) is 25.5 Å². The lowest BCUT2D eigenvalue weighted by atomic mass is 10.0. The quantitative estimate of drug-likeness (QED) is 0.492. The first-order chi connectivity index (χ1) is 14.5. The van der Waals surface area contributed by atoms with Gasteiger partial charge in [0, 0.05) is 9.77 Å². The van der Waals surface area contributed by atoms with E-state index in [0.29, 0.717) is 10.6 Å². The lowest BCUT2D eigenvalue weighted by molar-refractivity contribution is -0.115. The highest BCUT2D eigenvalue weighted by Crippen LogP contribution is 2.37. The van der Waals surface area contributed by atoms with Gasteiger partial charge in [0.2, 0.25) is 5.91 Å². The van der Waals surface area contributed by atoms with Gasteiger partial charge >= 0.3 is 6.09 Å². The van der Waals surface area contributed by atoms with Crippen molar-refractivity contribution >= 4 is 46.0 Å². The maximum Gasteiger partial charge on any atom is 0.413 e. The summed E-state index contributed by atoms with van der Waals surface area (Å²) in [5.41, 5.74) is 2.24. The van der Waals surface area contributed by atoms with Crippen molar-refractivity contribution in [2.24, 2.45) is 0 Å². The van der Waals surface area contributed by atoms with Crippen LogP contribution in [-0.2, 0) is 28.8 Å². The van der Waals surface area contributed by atoms with Crippen LogP contribution >= 0.6 is 23.1 Å². The van der Waals surface area contributed by atoms with Crippen LogP contribution in [0.15, 0.2) is 29.2 Å². The third kappa shape index (κ3) is 5.64. The first-order valence-corrected chi connectivity index (χ1v) is 11.9. The van der Waals surface area contributed by atoms with Crippen LogP contribution in [-0.4, -0.2) is 30.8 Å². The molecule has 3 rings (SSSR count). The zero-order chi connectivity index (χ0) is 21.5. The smallest absolute Gasteiger partial charge is 0.413 e. The number of thiophene rings is 1. The van der Waals surface area contributed by atoms with Crippen LogP contribution in [0.5, 0.6) is 0 Å². The van der Waals surface area contributed by atoms with Gasteiger partial charge in [-0.2, -0.15) is 0 Å². The molecule has 3 amide bonds. The van der Waals surface area contributed by atoms with E-state index < -0.39 is 12.0 Å². The third-order valence-corrected chi connectivity index (χ3v) is 7.00. The van der Waals surface area contributed by atoms with Crippen LogP contribution in [0.4, 0.5) is 9.80 Å². The van der Waals surface area contributed by atoms with Gasteiger partial charge in [0.15, 0.2) is 0 Å². The van der Waals surface area contributed by atoms with Gasteiger partial charge in [-0.05, 0) is 54.7 Å². The molecule has 1 heterocycles. The van der Waals surface area contributed by atoms with Crippen molar-refractivity contribution in [2.45, 2.75) is 50.3 Å². The monoisotopic (exact) mass is 446 g/mol. The molecule has 0 atom stereocenters. The summed E-state index contributed by atoms with van der Waals surface area (Å²) in [6.07, 6.45) is 4.20. The number of carbonyl (C=O) groups is 3. The molecule has 1 aliphatic carbocycles. The molecular weight excluding hydrogens is 420 g/mol. The molecule has 0 radical (unpaired) electrons. The molecule has 160 valence electrons. The molecule has 2 N–H and O–H groups in total. The van der Waals surface area contributed by atoms with Gasteiger partial charge in [0.05, 0.1) is 19.1 Å². The number of ether oxygens (including phenoxy) is 1. The Morgan fingerprint density at radius 2 is 1.83 bits per heavy atom. The van der Waals surface area contributed by atoms with E-state index in [1.807, 2.05) is 24.3 Å². The second kappa shape index (κ2) is 10.6. The summed E-state index contributed by atoms with van der Waals surface area (Å²) in [6.45, 7) is 2.10. The van der Waals surface area contributed by atoms with Gasteiger partial charge in [0.25, 0.3) is 5.91 Å². The maximum absolute atomic E-state index is 12.8. The van der Waals surface area contributed by atoms with Crippen LogP contribution in [0.1, 0.15) is 52.5 Å². The maximum atomic E-state index is 12.8. The number of carbonyl (C=O) groups excluding carboxylic acids is 3. The normalized spacial score (nSPS) is 13.1.